The summed E-state index contributed by atoms with van der Waals surface area (Å²) in [7, 11) is 1.69. The minimum Gasteiger partial charge on any atom is -0.383 e. The zero-order valence-electron chi connectivity index (χ0n) is 9.88. The van der Waals surface area contributed by atoms with E-state index in [9.17, 15) is 0 Å². The van der Waals surface area contributed by atoms with Crippen molar-refractivity contribution in [2.24, 2.45) is 5.73 Å². The number of nitrogens with one attached hydrogen (secondary N) is 1. The van der Waals surface area contributed by atoms with Gasteiger partial charge in [0, 0.05) is 17.6 Å². The molecule has 0 heterocycles. The fourth-order valence-corrected chi connectivity index (χ4v) is 2.32. The Morgan fingerprint density at radius 3 is 2.88 bits per heavy atom. The molecule has 1 atom stereocenters. The molecular formula is C12H18BrClN2O. The summed E-state index contributed by atoms with van der Waals surface area (Å²) in [6, 6.07) is 6.03. The summed E-state index contributed by atoms with van der Waals surface area (Å²) in [5, 5.41) is 4.08. The average Bonchev–Trinajstić information content (AvgIpc) is 2.29. The van der Waals surface area contributed by atoms with Gasteiger partial charge < -0.3 is 15.8 Å². The van der Waals surface area contributed by atoms with Crippen molar-refractivity contribution < 1.29 is 4.74 Å². The Hall–Kier alpha value is -0.290. The first-order valence-corrected chi connectivity index (χ1v) is 6.75. The van der Waals surface area contributed by atoms with Crippen LogP contribution in [0.1, 0.15) is 12.8 Å². The SMILES string of the molecule is COCC(CCCN)Nc1ccc(Br)cc1Cl. The lowest BCUT2D eigenvalue weighted by Gasteiger charge is -2.19. The van der Waals surface area contributed by atoms with Gasteiger partial charge in [0.15, 0.2) is 0 Å². The molecule has 1 aromatic carbocycles. The normalized spacial score (nSPS) is 12.5. The molecule has 0 spiro atoms. The van der Waals surface area contributed by atoms with Crippen LogP contribution in [0.4, 0.5) is 5.69 Å². The molecule has 96 valence electrons. The van der Waals surface area contributed by atoms with Crippen molar-refractivity contribution in [2.45, 2.75) is 18.9 Å². The largest absolute Gasteiger partial charge is 0.383 e. The molecule has 0 bridgehead atoms. The highest BCUT2D eigenvalue weighted by atomic mass is 79.9. The van der Waals surface area contributed by atoms with E-state index in [2.05, 4.69) is 21.2 Å². The molecule has 0 aliphatic heterocycles. The zero-order chi connectivity index (χ0) is 12.7. The smallest absolute Gasteiger partial charge is 0.0664 e. The zero-order valence-corrected chi connectivity index (χ0v) is 12.2. The molecule has 1 unspecified atom stereocenters. The lowest BCUT2D eigenvalue weighted by molar-refractivity contribution is 0.182. The highest BCUT2D eigenvalue weighted by Crippen LogP contribution is 2.26. The standard InChI is InChI=1S/C12H18BrClN2O/c1-17-8-10(3-2-6-15)16-12-5-4-9(13)7-11(12)14/h4-5,7,10,16H,2-3,6,8,15H2,1H3. The van der Waals surface area contributed by atoms with Crippen LogP contribution in [0.5, 0.6) is 0 Å². The average molecular weight is 322 g/mol. The van der Waals surface area contributed by atoms with Crippen LogP contribution >= 0.6 is 27.5 Å². The number of rotatable bonds is 7. The molecule has 0 aromatic heterocycles. The maximum Gasteiger partial charge on any atom is 0.0664 e. The second kappa shape index (κ2) is 7.93. The minimum absolute atomic E-state index is 0.238. The van der Waals surface area contributed by atoms with Crippen LogP contribution in [0.2, 0.25) is 5.02 Å². The third-order valence-electron chi connectivity index (χ3n) is 2.42. The number of hydrogen-bond acceptors (Lipinski definition) is 3. The highest BCUT2D eigenvalue weighted by Gasteiger charge is 2.10. The number of benzene rings is 1. The van der Waals surface area contributed by atoms with Gasteiger partial charge in [-0.2, -0.15) is 0 Å². The fraction of sp³-hybridized carbons (Fsp3) is 0.500. The number of ether oxygens (including phenoxy) is 1. The molecule has 3 nitrogen and oxygen atoms in total. The van der Waals surface area contributed by atoms with Crippen molar-refractivity contribution in [3.05, 3.63) is 27.7 Å². The van der Waals surface area contributed by atoms with Crippen molar-refractivity contribution in [1.82, 2.24) is 0 Å². The molecule has 0 aliphatic rings. The monoisotopic (exact) mass is 320 g/mol. The maximum absolute atomic E-state index is 6.15. The first-order chi connectivity index (χ1) is 8.17. The van der Waals surface area contributed by atoms with E-state index in [4.69, 9.17) is 22.1 Å². The third-order valence-corrected chi connectivity index (χ3v) is 3.22. The summed E-state index contributed by atoms with van der Waals surface area (Å²) in [6.07, 6.45) is 1.94. The van der Waals surface area contributed by atoms with Gasteiger partial charge in [0.2, 0.25) is 0 Å². The second-order valence-electron chi connectivity index (χ2n) is 3.85. The van der Waals surface area contributed by atoms with Gasteiger partial charge in [-0.3, -0.25) is 0 Å². The predicted octanol–water partition coefficient (Wildman–Crippen LogP) is 3.27. The van der Waals surface area contributed by atoms with Crippen LogP contribution in [-0.4, -0.2) is 26.3 Å². The topological polar surface area (TPSA) is 47.3 Å². The molecule has 3 N–H and O–H groups in total. The lowest BCUT2D eigenvalue weighted by atomic mass is 10.1. The van der Waals surface area contributed by atoms with Gasteiger partial charge in [-0.05, 0) is 37.6 Å². The van der Waals surface area contributed by atoms with Gasteiger partial charge in [0.25, 0.3) is 0 Å². The Morgan fingerprint density at radius 1 is 1.53 bits per heavy atom. The Labute approximate surface area is 116 Å². The summed E-state index contributed by atoms with van der Waals surface area (Å²) in [6.45, 7) is 1.34. The number of hydrogen-bond donors (Lipinski definition) is 2. The maximum atomic E-state index is 6.15. The van der Waals surface area contributed by atoms with Gasteiger partial charge in [-0.1, -0.05) is 27.5 Å². The van der Waals surface area contributed by atoms with Gasteiger partial charge in [0.1, 0.15) is 0 Å². The Balaban J connectivity index is 2.64. The molecule has 1 aromatic rings. The van der Waals surface area contributed by atoms with Crippen molar-refractivity contribution in [1.29, 1.82) is 0 Å². The fourth-order valence-electron chi connectivity index (χ4n) is 1.59. The van der Waals surface area contributed by atoms with Crippen molar-refractivity contribution >= 4 is 33.2 Å². The van der Waals surface area contributed by atoms with E-state index < -0.39 is 0 Å². The second-order valence-corrected chi connectivity index (χ2v) is 5.17. The molecule has 0 saturated heterocycles. The molecule has 0 fully saturated rings. The Kier molecular flexibility index (Phi) is 6.89. The number of nitrogens with two attached hydrogens (primary N) is 1. The Bertz CT molecular complexity index is 349. The van der Waals surface area contributed by atoms with E-state index in [1.807, 2.05) is 18.2 Å². The van der Waals surface area contributed by atoms with Gasteiger partial charge in [0.05, 0.1) is 17.3 Å². The quantitative estimate of drug-likeness (QED) is 0.810. The van der Waals surface area contributed by atoms with Crippen LogP contribution in [0, 0.1) is 0 Å². The summed E-state index contributed by atoms with van der Waals surface area (Å²) in [5.74, 6) is 0. The van der Waals surface area contributed by atoms with Crippen molar-refractivity contribution in [3.63, 3.8) is 0 Å². The van der Waals surface area contributed by atoms with Crippen molar-refractivity contribution in [3.8, 4) is 0 Å². The summed E-state index contributed by atoms with van der Waals surface area (Å²) >= 11 is 9.53. The summed E-state index contributed by atoms with van der Waals surface area (Å²) in [4.78, 5) is 0. The first kappa shape index (κ1) is 14.8. The molecular weight excluding hydrogens is 304 g/mol. The molecule has 0 saturated carbocycles. The van der Waals surface area contributed by atoms with E-state index >= 15 is 0 Å². The van der Waals surface area contributed by atoms with E-state index in [1.54, 1.807) is 7.11 Å². The summed E-state index contributed by atoms with van der Waals surface area (Å²) in [5.41, 5.74) is 6.44. The lowest BCUT2D eigenvalue weighted by Crippen LogP contribution is -2.26. The number of halogens is 2. The van der Waals surface area contributed by atoms with E-state index in [0.29, 0.717) is 18.2 Å². The summed E-state index contributed by atoms with van der Waals surface area (Å²) < 4.78 is 6.15. The Morgan fingerprint density at radius 2 is 2.29 bits per heavy atom. The van der Waals surface area contributed by atoms with Crippen LogP contribution in [0.15, 0.2) is 22.7 Å². The first-order valence-electron chi connectivity index (χ1n) is 5.58. The molecule has 1 rings (SSSR count). The van der Waals surface area contributed by atoms with E-state index in [1.165, 1.54) is 0 Å². The van der Waals surface area contributed by atoms with E-state index in [-0.39, 0.29) is 6.04 Å². The molecule has 0 radical (unpaired) electrons. The van der Waals surface area contributed by atoms with Crippen LogP contribution in [-0.2, 0) is 4.74 Å². The van der Waals surface area contributed by atoms with Crippen LogP contribution < -0.4 is 11.1 Å². The molecule has 5 heteroatoms. The number of anilines is 1. The molecule has 0 amide bonds. The highest BCUT2D eigenvalue weighted by molar-refractivity contribution is 9.10. The predicted molar refractivity (Wildman–Crippen MR) is 76.7 cm³/mol. The third kappa shape index (κ3) is 5.25. The van der Waals surface area contributed by atoms with Crippen LogP contribution in [0.25, 0.3) is 0 Å². The van der Waals surface area contributed by atoms with Gasteiger partial charge in [-0.25, -0.2) is 0 Å². The van der Waals surface area contributed by atoms with Crippen molar-refractivity contribution in [2.75, 3.05) is 25.6 Å². The van der Waals surface area contributed by atoms with Crippen LogP contribution in [0.3, 0.4) is 0 Å². The number of methoxy groups -OCH3 is 1. The minimum atomic E-state index is 0.238. The van der Waals surface area contributed by atoms with Gasteiger partial charge >= 0.3 is 0 Å². The van der Waals surface area contributed by atoms with E-state index in [0.717, 1.165) is 23.0 Å². The molecule has 0 aliphatic carbocycles. The molecule has 17 heavy (non-hydrogen) atoms. The van der Waals surface area contributed by atoms with Gasteiger partial charge in [-0.15, -0.1) is 0 Å².